The molecule has 2 rings (SSSR count). The standard InChI is InChI=1S/C16H20N4O/c1-10-9-12(14(17)18)20-15(19-10)21-13-8-6-5-7-11(13)16(2,3)4/h5-9H,1-4H3,(H3,17,18). The minimum Gasteiger partial charge on any atom is -0.424 e. The number of aromatic nitrogens is 2. The normalized spacial score (nSPS) is 11.2. The number of rotatable bonds is 3. The lowest BCUT2D eigenvalue weighted by Crippen LogP contribution is -2.15. The Kier molecular flexibility index (Phi) is 3.93. The molecule has 0 saturated heterocycles. The number of nitrogens with zero attached hydrogens (tertiary/aromatic N) is 2. The molecule has 5 nitrogen and oxygen atoms in total. The third-order valence-corrected chi connectivity index (χ3v) is 3.01. The molecule has 0 fully saturated rings. The Morgan fingerprint density at radius 3 is 2.48 bits per heavy atom. The van der Waals surface area contributed by atoms with Crippen molar-refractivity contribution in [2.75, 3.05) is 0 Å². The molecule has 0 aliphatic heterocycles. The average Bonchev–Trinajstić information content (AvgIpc) is 2.37. The summed E-state index contributed by atoms with van der Waals surface area (Å²) in [5.41, 5.74) is 7.57. The molecule has 0 aliphatic rings. The number of benzene rings is 1. The summed E-state index contributed by atoms with van der Waals surface area (Å²) in [6, 6.07) is 9.66. The number of para-hydroxylation sites is 1. The number of nitrogens with one attached hydrogen (secondary N) is 1. The molecule has 0 amide bonds. The molecule has 0 radical (unpaired) electrons. The number of hydrogen-bond acceptors (Lipinski definition) is 4. The Hall–Kier alpha value is -2.43. The maximum absolute atomic E-state index is 7.48. The molecule has 0 aliphatic carbocycles. The van der Waals surface area contributed by atoms with E-state index in [0.717, 1.165) is 5.56 Å². The number of ether oxygens (including phenoxy) is 1. The fourth-order valence-corrected chi connectivity index (χ4v) is 2.00. The highest BCUT2D eigenvalue weighted by molar-refractivity contribution is 5.93. The van der Waals surface area contributed by atoms with Crippen molar-refractivity contribution in [3.8, 4) is 11.8 Å². The lowest BCUT2D eigenvalue weighted by Gasteiger charge is -2.22. The van der Waals surface area contributed by atoms with Gasteiger partial charge < -0.3 is 10.5 Å². The van der Waals surface area contributed by atoms with Crippen LogP contribution >= 0.6 is 0 Å². The van der Waals surface area contributed by atoms with Gasteiger partial charge in [0, 0.05) is 11.3 Å². The van der Waals surface area contributed by atoms with Gasteiger partial charge in [-0.05, 0) is 24.5 Å². The smallest absolute Gasteiger partial charge is 0.322 e. The minimum absolute atomic E-state index is 0.0518. The Labute approximate surface area is 124 Å². The summed E-state index contributed by atoms with van der Waals surface area (Å²) in [6.45, 7) is 8.17. The van der Waals surface area contributed by atoms with Crippen molar-refractivity contribution in [2.45, 2.75) is 33.1 Å². The van der Waals surface area contributed by atoms with Crippen LogP contribution < -0.4 is 10.5 Å². The zero-order valence-electron chi connectivity index (χ0n) is 12.8. The molecule has 1 heterocycles. The Morgan fingerprint density at radius 1 is 1.19 bits per heavy atom. The van der Waals surface area contributed by atoms with E-state index in [1.807, 2.05) is 31.2 Å². The van der Waals surface area contributed by atoms with Crippen LogP contribution in [0.25, 0.3) is 0 Å². The number of hydrogen-bond donors (Lipinski definition) is 2. The second-order valence-corrected chi connectivity index (χ2v) is 5.94. The molecule has 2 aromatic rings. The summed E-state index contributed by atoms with van der Waals surface area (Å²) in [4.78, 5) is 8.42. The predicted molar refractivity (Wildman–Crippen MR) is 83.0 cm³/mol. The highest BCUT2D eigenvalue weighted by Gasteiger charge is 2.19. The van der Waals surface area contributed by atoms with Gasteiger partial charge in [0.15, 0.2) is 0 Å². The van der Waals surface area contributed by atoms with Crippen LogP contribution in [0.1, 0.15) is 37.7 Å². The lowest BCUT2D eigenvalue weighted by molar-refractivity contribution is 0.421. The van der Waals surface area contributed by atoms with Crippen LogP contribution in [-0.4, -0.2) is 15.8 Å². The van der Waals surface area contributed by atoms with E-state index < -0.39 is 0 Å². The topological polar surface area (TPSA) is 84.9 Å². The molecule has 1 aromatic heterocycles. The van der Waals surface area contributed by atoms with Crippen molar-refractivity contribution >= 4 is 5.84 Å². The molecular formula is C16H20N4O. The van der Waals surface area contributed by atoms with Crippen LogP contribution in [0, 0.1) is 12.3 Å². The number of aryl methyl sites for hydroxylation is 1. The maximum atomic E-state index is 7.48. The van der Waals surface area contributed by atoms with Crippen molar-refractivity contribution in [3.63, 3.8) is 0 Å². The largest absolute Gasteiger partial charge is 0.424 e. The van der Waals surface area contributed by atoms with Gasteiger partial charge in [-0.1, -0.05) is 39.0 Å². The van der Waals surface area contributed by atoms with E-state index in [1.54, 1.807) is 6.07 Å². The molecule has 0 atom stereocenters. The second kappa shape index (κ2) is 5.52. The van der Waals surface area contributed by atoms with E-state index >= 15 is 0 Å². The SMILES string of the molecule is Cc1cc(C(=N)N)nc(Oc2ccccc2C(C)(C)C)n1. The van der Waals surface area contributed by atoms with Crippen LogP contribution in [0.4, 0.5) is 0 Å². The quantitative estimate of drug-likeness (QED) is 0.669. The van der Waals surface area contributed by atoms with Gasteiger partial charge in [-0.15, -0.1) is 0 Å². The van der Waals surface area contributed by atoms with Gasteiger partial charge in [0.2, 0.25) is 0 Å². The van der Waals surface area contributed by atoms with Crippen molar-refractivity contribution in [1.82, 2.24) is 9.97 Å². The van der Waals surface area contributed by atoms with Gasteiger partial charge in [-0.25, -0.2) is 4.98 Å². The molecule has 1 aromatic carbocycles. The maximum Gasteiger partial charge on any atom is 0.322 e. The highest BCUT2D eigenvalue weighted by atomic mass is 16.5. The highest BCUT2D eigenvalue weighted by Crippen LogP contribution is 2.32. The van der Waals surface area contributed by atoms with Crippen molar-refractivity contribution < 1.29 is 4.74 Å². The third kappa shape index (κ3) is 3.56. The number of nitrogen functional groups attached to an aromatic ring is 1. The Bertz CT molecular complexity index is 674. The van der Waals surface area contributed by atoms with Crippen LogP contribution in [0.15, 0.2) is 30.3 Å². The summed E-state index contributed by atoms with van der Waals surface area (Å²) in [6.07, 6.45) is 0. The van der Waals surface area contributed by atoms with Crippen molar-refractivity contribution in [2.24, 2.45) is 5.73 Å². The molecule has 110 valence electrons. The number of amidine groups is 1. The predicted octanol–water partition coefficient (Wildman–Crippen LogP) is 3.16. The van der Waals surface area contributed by atoms with Gasteiger partial charge >= 0.3 is 6.01 Å². The molecule has 0 unspecified atom stereocenters. The van der Waals surface area contributed by atoms with Crippen molar-refractivity contribution in [3.05, 3.63) is 47.3 Å². The molecule has 5 heteroatoms. The first kappa shape index (κ1) is 15.0. The zero-order valence-corrected chi connectivity index (χ0v) is 12.8. The van der Waals surface area contributed by atoms with Gasteiger partial charge in [0.1, 0.15) is 17.3 Å². The van der Waals surface area contributed by atoms with Gasteiger partial charge in [0.05, 0.1) is 0 Å². The first-order valence-corrected chi connectivity index (χ1v) is 6.75. The fraction of sp³-hybridized carbons (Fsp3) is 0.312. The second-order valence-electron chi connectivity index (χ2n) is 5.94. The van der Waals surface area contributed by atoms with E-state index in [4.69, 9.17) is 15.9 Å². The Morgan fingerprint density at radius 2 is 1.86 bits per heavy atom. The zero-order chi connectivity index (χ0) is 15.6. The molecule has 3 N–H and O–H groups in total. The average molecular weight is 284 g/mol. The molecule has 0 bridgehead atoms. The number of nitrogens with two attached hydrogens (primary N) is 1. The monoisotopic (exact) mass is 284 g/mol. The molecule has 0 spiro atoms. The first-order valence-electron chi connectivity index (χ1n) is 6.75. The van der Waals surface area contributed by atoms with Crippen molar-refractivity contribution in [1.29, 1.82) is 5.41 Å². The summed E-state index contributed by atoms with van der Waals surface area (Å²) in [7, 11) is 0. The first-order chi connectivity index (χ1) is 9.77. The summed E-state index contributed by atoms with van der Waals surface area (Å²) in [5, 5.41) is 7.48. The minimum atomic E-state index is -0.102. The van der Waals surface area contributed by atoms with E-state index in [2.05, 4.69) is 30.7 Å². The lowest BCUT2D eigenvalue weighted by atomic mass is 9.86. The Balaban J connectivity index is 2.42. The fourth-order valence-electron chi connectivity index (χ4n) is 2.00. The van der Waals surface area contributed by atoms with E-state index in [9.17, 15) is 0 Å². The van der Waals surface area contributed by atoms with E-state index in [0.29, 0.717) is 17.1 Å². The summed E-state index contributed by atoms with van der Waals surface area (Å²) >= 11 is 0. The molecular weight excluding hydrogens is 264 g/mol. The molecule has 21 heavy (non-hydrogen) atoms. The van der Waals surface area contributed by atoms with E-state index in [-0.39, 0.29) is 17.3 Å². The third-order valence-electron chi connectivity index (χ3n) is 3.01. The summed E-state index contributed by atoms with van der Waals surface area (Å²) < 4.78 is 5.83. The van der Waals surface area contributed by atoms with Crippen LogP contribution in [0.2, 0.25) is 0 Å². The van der Waals surface area contributed by atoms with Gasteiger partial charge in [-0.2, -0.15) is 4.98 Å². The van der Waals surface area contributed by atoms with Gasteiger partial charge in [0.25, 0.3) is 0 Å². The van der Waals surface area contributed by atoms with Gasteiger partial charge in [-0.3, -0.25) is 5.41 Å². The van der Waals surface area contributed by atoms with Crippen LogP contribution in [0.5, 0.6) is 11.8 Å². The van der Waals surface area contributed by atoms with Crippen LogP contribution in [0.3, 0.4) is 0 Å². The summed E-state index contributed by atoms with van der Waals surface area (Å²) in [5.74, 6) is 0.611. The molecule has 0 saturated carbocycles. The van der Waals surface area contributed by atoms with Crippen LogP contribution in [-0.2, 0) is 5.41 Å². The van der Waals surface area contributed by atoms with E-state index in [1.165, 1.54) is 0 Å².